The highest BCUT2D eigenvalue weighted by Gasteiger charge is 2.45. The van der Waals surface area contributed by atoms with Gasteiger partial charge < -0.3 is 0 Å². The van der Waals surface area contributed by atoms with Gasteiger partial charge in [-0.3, -0.25) is 0 Å². The Labute approximate surface area is 83.1 Å². The van der Waals surface area contributed by atoms with Crippen molar-refractivity contribution in [2.24, 2.45) is 23.2 Å². The molecule has 2 rings (SSSR count). The van der Waals surface area contributed by atoms with Crippen LogP contribution in [0.1, 0.15) is 59.3 Å². The summed E-state index contributed by atoms with van der Waals surface area (Å²) in [6.45, 7) is 7.30. The monoisotopic (exact) mass is 180 g/mol. The van der Waals surface area contributed by atoms with E-state index in [0.717, 1.165) is 17.8 Å². The molecular weight excluding hydrogens is 156 g/mol. The zero-order valence-electron chi connectivity index (χ0n) is 9.47. The molecule has 2 atom stereocenters. The van der Waals surface area contributed by atoms with Crippen molar-refractivity contribution in [2.75, 3.05) is 0 Å². The normalized spacial score (nSPS) is 33.0. The van der Waals surface area contributed by atoms with E-state index in [9.17, 15) is 0 Å². The Kier molecular flexibility index (Phi) is 2.42. The Morgan fingerprint density at radius 3 is 2.38 bits per heavy atom. The minimum absolute atomic E-state index is 0.702. The van der Waals surface area contributed by atoms with E-state index < -0.39 is 0 Å². The molecule has 2 unspecified atom stereocenters. The fourth-order valence-corrected chi connectivity index (χ4v) is 2.51. The molecule has 0 nitrogen and oxygen atoms in total. The highest BCUT2D eigenvalue weighted by atomic mass is 14.5. The van der Waals surface area contributed by atoms with Crippen LogP contribution >= 0.6 is 0 Å². The quantitative estimate of drug-likeness (QED) is 0.593. The molecule has 0 heterocycles. The average Bonchev–Trinajstić information content (AvgIpc) is 2.88. The first-order valence-corrected chi connectivity index (χ1v) is 6.08. The molecule has 0 bridgehead atoms. The van der Waals surface area contributed by atoms with Crippen molar-refractivity contribution < 1.29 is 0 Å². The van der Waals surface area contributed by atoms with Gasteiger partial charge in [0.2, 0.25) is 0 Å². The minimum atomic E-state index is 0.702. The van der Waals surface area contributed by atoms with Gasteiger partial charge in [0.1, 0.15) is 0 Å². The summed E-state index contributed by atoms with van der Waals surface area (Å²) in [5.74, 6) is 3.18. The third-order valence-electron chi connectivity index (χ3n) is 4.17. The van der Waals surface area contributed by atoms with Gasteiger partial charge in [-0.15, -0.1) is 0 Å². The first kappa shape index (κ1) is 9.55. The van der Waals surface area contributed by atoms with Crippen molar-refractivity contribution in [1.29, 1.82) is 0 Å². The third kappa shape index (κ3) is 2.72. The van der Waals surface area contributed by atoms with Gasteiger partial charge in [0.15, 0.2) is 0 Å². The van der Waals surface area contributed by atoms with Gasteiger partial charge in [0, 0.05) is 0 Å². The molecule has 13 heavy (non-hydrogen) atoms. The predicted octanol–water partition coefficient (Wildman–Crippen LogP) is 4.25. The van der Waals surface area contributed by atoms with Crippen molar-refractivity contribution in [3.05, 3.63) is 0 Å². The molecule has 76 valence electrons. The summed E-state index contributed by atoms with van der Waals surface area (Å²) in [4.78, 5) is 0. The molecule has 2 fully saturated rings. The van der Waals surface area contributed by atoms with Crippen LogP contribution in [-0.4, -0.2) is 0 Å². The first-order chi connectivity index (χ1) is 6.08. The Bertz CT molecular complexity index is 176. The maximum absolute atomic E-state index is 2.46. The molecule has 2 aliphatic rings. The van der Waals surface area contributed by atoms with E-state index in [1.165, 1.54) is 38.5 Å². The molecule has 0 amide bonds. The lowest BCUT2D eigenvalue weighted by molar-refractivity contribution is 0.400. The fraction of sp³-hybridized carbons (Fsp3) is 1.00. The van der Waals surface area contributed by atoms with Gasteiger partial charge in [0.25, 0.3) is 0 Å². The Morgan fingerprint density at radius 2 is 1.92 bits per heavy atom. The van der Waals surface area contributed by atoms with E-state index in [0.29, 0.717) is 5.41 Å². The van der Waals surface area contributed by atoms with Gasteiger partial charge >= 0.3 is 0 Å². The van der Waals surface area contributed by atoms with E-state index in [1.807, 2.05) is 0 Å². The number of hydrogen-bond donors (Lipinski definition) is 0. The largest absolute Gasteiger partial charge is 0.0625 e. The lowest BCUT2D eigenvalue weighted by atomic mass is 9.94. The average molecular weight is 180 g/mol. The van der Waals surface area contributed by atoms with Crippen molar-refractivity contribution in [1.82, 2.24) is 0 Å². The van der Waals surface area contributed by atoms with Crippen LogP contribution in [0.25, 0.3) is 0 Å². The molecule has 0 aromatic heterocycles. The summed E-state index contributed by atoms with van der Waals surface area (Å²) >= 11 is 0. The van der Waals surface area contributed by atoms with Crippen LogP contribution in [0.2, 0.25) is 0 Å². The van der Waals surface area contributed by atoms with Crippen LogP contribution in [-0.2, 0) is 0 Å². The van der Waals surface area contributed by atoms with Gasteiger partial charge in [-0.05, 0) is 36.0 Å². The van der Waals surface area contributed by atoms with E-state index in [1.54, 1.807) is 0 Å². The van der Waals surface area contributed by atoms with E-state index in [4.69, 9.17) is 0 Å². The topological polar surface area (TPSA) is 0 Å². The molecular formula is C13H24. The van der Waals surface area contributed by atoms with Crippen LogP contribution in [0.3, 0.4) is 0 Å². The summed E-state index contributed by atoms with van der Waals surface area (Å²) in [7, 11) is 0. The molecule has 2 aliphatic carbocycles. The zero-order chi connectivity index (χ0) is 9.47. The SMILES string of the molecule is CC(CCC1CC1)CC1CC1(C)C. The Morgan fingerprint density at radius 1 is 1.31 bits per heavy atom. The standard InChI is InChI=1S/C13H24/c1-10(4-5-11-6-7-11)8-12-9-13(12,2)3/h10-12H,4-9H2,1-3H3. The molecule has 0 aromatic carbocycles. The first-order valence-electron chi connectivity index (χ1n) is 6.08. The van der Waals surface area contributed by atoms with Gasteiger partial charge in [0.05, 0.1) is 0 Å². The molecule has 0 radical (unpaired) electrons. The highest BCUT2D eigenvalue weighted by Crippen LogP contribution is 2.55. The molecule has 0 aliphatic heterocycles. The van der Waals surface area contributed by atoms with Crippen LogP contribution in [0.4, 0.5) is 0 Å². The van der Waals surface area contributed by atoms with Crippen LogP contribution in [0.5, 0.6) is 0 Å². The summed E-state index contributed by atoms with van der Waals surface area (Å²) in [5.41, 5.74) is 0.702. The fourth-order valence-electron chi connectivity index (χ4n) is 2.51. The van der Waals surface area contributed by atoms with Crippen molar-refractivity contribution >= 4 is 0 Å². The lowest BCUT2D eigenvalue weighted by Crippen LogP contribution is -2.00. The van der Waals surface area contributed by atoms with Gasteiger partial charge in [-0.2, -0.15) is 0 Å². The molecule has 0 heteroatoms. The molecule has 0 N–H and O–H groups in total. The van der Waals surface area contributed by atoms with Crippen LogP contribution in [0.15, 0.2) is 0 Å². The Balaban J connectivity index is 1.58. The Hall–Kier alpha value is 0. The van der Waals surface area contributed by atoms with Gasteiger partial charge in [-0.1, -0.05) is 46.5 Å². The van der Waals surface area contributed by atoms with Crippen molar-refractivity contribution in [2.45, 2.75) is 59.3 Å². The number of hydrogen-bond acceptors (Lipinski definition) is 0. The summed E-state index contributed by atoms with van der Waals surface area (Å²) in [5, 5.41) is 0. The summed E-state index contributed by atoms with van der Waals surface area (Å²) < 4.78 is 0. The van der Waals surface area contributed by atoms with Crippen LogP contribution in [0, 0.1) is 23.2 Å². The second-order valence-electron chi connectivity index (χ2n) is 6.25. The summed E-state index contributed by atoms with van der Waals surface area (Å²) in [6, 6.07) is 0. The highest BCUT2D eigenvalue weighted by molar-refractivity contribution is 4.95. The molecule has 2 saturated carbocycles. The minimum Gasteiger partial charge on any atom is -0.0625 e. The number of rotatable bonds is 5. The van der Waals surface area contributed by atoms with Gasteiger partial charge in [-0.25, -0.2) is 0 Å². The second kappa shape index (κ2) is 3.29. The molecule has 0 spiro atoms. The van der Waals surface area contributed by atoms with E-state index in [2.05, 4.69) is 20.8 Å². The van der Waals surface area contributed by atoms with Crippen molar-refractivity contribution in [3.8, 4) is 0 Å². The van der Waals surface area contributed by atoms with E-state index >= 15 is 0 Å². The van der Waals surface area contributed by atoms with E-state index in [-0.39, 0.29) is 0 Å². The lowest BCUT2D eigenvalue weighted by Gasteiger charge is -2.11. The third-order valence-corrected chi connectivity index (χ3v) is 4.17. The summed E-state index contributed by atoms with van der Waals surface area (Å²) in [6.07, 6.45) is 9.06. The molecule has 0 saturated heterocycles. The van der Waals surface area contributed by atoms with Crippen molar-refractivity contribution in [3.63, 3.8) is 0 Å². The maximum atomic E-state index is 2.46. The zero-order valence-corrected chi connectivity index (χ0v) is 9.47. The smallest absolute Gasteiger partial charge is 0.0323 e. The maximum Gasteiger partial charge on any atom is -0.0323 e. The van der Waals surface area contributed by atoms with Crippen LogP contribution < -0.4 is 0 Å². The second-order valence-corrected chi connectivity index (χ2v) is 6.25. The molecule has 0 aromatic rings. The predicted molar refractivity (Wildman–Crippen MR) is 57.6 cm³/mol.